The highest BCUT2D eigenvalue weighted by atomic mass is 35.5. The number of carbonyl (C=O) groups is 1. The lowest BCUT2D eigenvalue weighted by Gasteiger charge is -2.37. The maximum atomic E-state index is 12.9. The van der Waals surface area contributed by atoms with E-state index in [2.05, 4.69) is 11.4 Å². The van der Waals surface area contributed by atoms with Crippen molar-refractivity contribution in [3.8, 4) is 0 Å². The highest BCUT2D eigenvalue weighted by Crippen LogP contribution is 2.33. The third kappa shape index (κ3) is 2.43. The van der Waals surface area contributed by atoms with Crippen LogP contribution in [0.2, 0.25) is 0 Å². The average molecular weight is 297 g/mol. The van der Waals surface area contributed by atoms with Gasteiger partial charge in [-0.15, -0.1) is 12.4 Å². The number of halogens is 1. The molecule has 5 heteroatoms. The monoisotopic (exact) mass is 296 g/mol. The van der Waals surface area contributed by atoms with Crippen molar-refractivity contribution in [3.63, 3.8) is 0 Å². The lowest BCUT2D eigenvalue weighted by molar-refractivity contribution is -0.143. The van der Waals surface area contributed by atoms with Crippen molar-refractivity contribution in [1.29, 1.82) is 0 Å². The summed E-state index contributed by atoms with van der Waals surface area (Å²) in [5.74, 6) is 0.126. The number of nitrogens with zero attached hydrogens (tertiary/aromatic N) is 1. The summed E-state index contributed by atoms with van der Waals surface area (Å²) in [6.07, 6.45) is 2.45. The predicted octanol–water partition coefficient (Wildman–Crippen LogP) is 1.77. The van der Waals surface area contributed by atoms with Crippen LogP contribution in [0.4, 0.5) is 5.69 Å². The number of benzene rings is 1. The number of piperidine rings is 1. The van der Waals surface area contributed by atoms with Gasteiger partial charge in [-0.2, -0.15) is 0 Å². The molecule has 2 heterocycles. The first-order chi connectivity index (χ1) is 9.27. The third-order valence-corrected chi connectivity index (χ3v) is 4.32. The topological polar surface area (TPSA) is 41.6 Å². The van der Waals surface area contributed by atoms with Gasteiger partial charge in [-0.05, 0) is 44.0 Å². The first kappa shape index (κ1) is 15.3. The van der Waals surface area contributed by atoms with E-state index in [0.29, 0.717) is 0 Å². The zero-order valence-corrected chi connectivity index (χ0v) is 12.5. The molecule has 1 fully saturated rings. The molecule has 0 radical (unpaired) electrons. The van der Waals surface area contributed by atoms with Crippen LogP contribution in [0.3, 0.4) is 0 Å². The maximum Gasteiger partial charge on any atom is 0.259 e. The standard InChI is InChI=1S/C15H20N2O2.ClH/c1-19-15(7-9-16-10-8-15)14(18)17-11-6-12-4-2-3-5-13(12)17;/h2-5,16H,6-11H2,1H3;1H. The molecule has 110 valence electrons. The van der Waals surface area contributed by atoms with E-state index in [0.717, 1.165) is 44.6 Å². The van der Waals surface area contributed by atoms with E-state index < -0.39 is 5.60 Å². The summed E-state index contributed by atoms with van der Waals surface area (Å²) in [5, 5.41) is 3.29. The number of hydrogen-bond donors (Lipinski definition) is 1. The van der Waals surface area contributed by atoms with E-state index in [1.54, 1.807) is 7.11 Å². The van der Waals surface area contributed by atoms with Gasteiger partial charge in [0.15, 0.2) is 0 Å². The van der Waals surface area contributed by atoms with Crippen molar-refractivity contribution in [2.75, 3.05) is 31.6 Å². The van der Waals surface area contributed by atoms with Crippen LogP contribution in [-0.2, 0) is 16.0 Å². The Labute approximate surface area is 125 Å². The molecule has 1 aromatic rings. The van der Waals surface area contributed by atoms with Gasteiger partial charge < -0.3 is 15.0 Å². The molecule has 0 saturated carbocycles. The molecule has 0 aliphatic carbocycles. The fourth-order valence-electron chi connectivity index (χ4n) is 3.13. The van der Waals surface area contributed by atoms with Crippen LogP contribution in [0.5, 0.6) is 0 Å². The average Bonchev–Trinajstić information content (AvgIpc) is 2.91. The second-order valence-corrected chi connectivity index (χ2v) is 5.28. The summed E-state index contributed by atoms with van der Waals surface area (Å²) in [6, 6.07) is 8.16. The van der Waals surface area contributed by atoms with Crippen LogP contribution in [0, 0.1) is 0 Å². The maximum absolute atomic E-state index is 12.9. The molecule has 2 aliphatic heterocycles. The van der Waals surface area contributed by atoms with Gasteiger partial charge in [-0.1, -0.05) is 18.2 Å². The zero-order valence-electron chi connectivity index (χ0n) is 11.7. The van der Waals surface area contributed by atoms with Gasteiger partial charge in [0.2, 0.25) is 0 Å². The van der Waals surface area contributed by atoms with Gasteiger partial charge in [-0.25, -0.2) is 0 Å². The van der Waals surface area contributed by atoms with E-state index >= 15 is 0 Å². The Hall–Kier alpha value is -1.10. The molecule has 1 aromatic carbocycles. The number of methoxy groups -OCH3 is 1. The van der Waals surface area contributed by atoms with E-state index in [9.17, 15) is 4.79 Å². The van der Waals surface area contributed by atoms with Crippen molar-refractivity contribution >= 4 is 24.0 Å². The molecule has 0 bridgehead atoms. The van der Waals surface area contributed by atoms with Gasteiger partial charge in [0, 0.05) is 19.3 Å². The summed E-state index contributed by atoms with van der Waals surface area (Å²) in [5.41, 5.74) is 1.68. The van der Waals surface area contributed by atoms with Gasteiger partial charge >= 0.3 is 0 Å². The number of nitrogens with one attached hydrogen (secondary N) is 1. The molecule has 0 spiro atoms. The van der Waals surface area contributed by atoms with E-state index in [1.807, 2.05) is 23.1 Å². The van der Waals surface area contributed by atoms with Crippen LogP contribution in [-0.4, -0.2) is 38.3 Å². The van der Waals surface area contributed by atoms with Crippen LogP contribution < -0.4 is 10.2 Å². The Kier molecular flexibility index (Phi) is 4.68. The quantitative estimate of drug-likeness (QED) is 0.904. The Morgan fingerprint density at radius 1 is 1.30 bits per heavy atom. The van der Waals surface area contributed by atoms with Crippen LogP contribution in [0.25, 0.3) is 0 Å². The zero-order chi connectivity index (χ0) is 13.3. The molecule has 0 aromatic heterocycles. The normalized spacial score (nSPS) is 20.1. The lowest BCUT2D eigenvalue weighted by Crippen LogP contribution is -2.55. The van der Waals surface area contributed by atoms with E-state index in [-0.39, 0.29) is 18.3 Å². The first-order valence-corrected chi connectivity index (χ1v) is 6.93. The molecule has 1 saturated heterocycles. The lowest BCUT2D eigenvalue weighted by atomic mass is 9.90. The minimum atomic E-state index is -0.636. The van der Waals surface area contributed by atoms with Crippen LogP contribution >= 0.6 is 12.4 Å². The number of hydrogen-bond acceptors (Lipinski definition) is 3. The predicted molar refractivity (Wildman–Crippen MR) is 81.6 cm³/mol. The number of rotatable bonds is 2. The minimum absolute atomic E-state index is 0. The number of amides is 1. The third-order valence-electron chi connectivity index (χ3n) is 4.32. The van der Waals surface area contributed by atoms with Gasteiger partial charge in [0.05, 0.1) is 0 Å². The summed E-state index contributed by atoms with van der Waals surface area (Å²) in [7, 11) is 1.66. The summed E-state index contributed by atoms with van der Waals surface area (Å²) >= 11 is 0. The second-order valence-electron chi connectivity index (χ2n) is 5.28. The molecular weight excluding hydrogens is 276 g/mol. The van der Waals surface area contributed by atoms with Crippen LogP contribution in [0.15, 0.2) is 24.3 Å². The number of fused-ring (bicyclic) bond motifs is 1. The first-order valence-electron chi connectivity index (χ1n) is 6.93. The second kappa shape index (κ2) is 6.12. The highest BCUT2D eigenvalue weighted by molar-refractivity contribution is 6.01. The minimum Gasteiger partial charge on any atom is -0.368 e. The summed E-state index contributed by atoms with van der Waals surface area (Å²) < 4.78 is 5.64. The largest absolute Gasteiger partial charge is 0.368 e. The smallest absolute Gasteiger partial charge is 0.259 e. The van der Waals surface area contributed by atoms with Crippen molar-refractivity contribution in [2.24, 2.45) is 0 Å². The molecule has 1 N–H and O–H groups in total. The van der Waals surface area contributed by atoms with Gasteiger partial charge in [-0.3, -0.25) is 4.79 Å². The SMILES string of the molecule is COC1(C(=O)N2CCc3ccccc32)CCNCC1.Cl. The van der Waals surface area contributed by atoms with Crippen LogP contribution in [0.1, 0.15) is 18.4 Å². The van der Waals surface area contributed by atoms with Crippen molar-refractivity contribution in [3.05, 3.63) is 29.8 Å². The Bertz CT molecular complexity index is 487. The summed E-state index contributed by atoms with van der Waals surface area (Å²) in [6.45, 7) is 2.46. The molecule has 3 rings (SSSR count). The summed E-state index contributed by atoms with van der Waals surface area (Å²) in [4.78, 5) is 14.8. The fourth-order valence-corrected chi connectivity index (χ4v) is 3.13. The Morgan fingerprint density at radius 2 is 2.00 bits per heavy atom. The molecule has 4 nitrogen and oxygen atoms in total. The van der Waals surface area contributed by atoms with Crippen molar-refractivity contribution in [1.82, 2.24) is 5.32 Å². The number of ether oxygens (including phenoxy) is 1. The fraction of sp³-hybridized carbons (Fsp3) is 0.533. The number of anilines is 1. The van der Waals surface area contributed by atoms with Crippen molar-refractivity contribution < 1.29 is 9.53 Å². The van der Waals surface area contributed by atoms with E-state index in [4.69, 9.17) is 4.74 Å². The Morgan fingerprint density at radius 3 is 2.70 bits per heavy atom. The highest BCUT2D eigenvalue weighted by Gasteiger charge is 2.44. The molecule has 0 atom stereocenters. The number of carbonyl (C=O) groups excluding carboxylic acids is 1. The molecule has 1 amide bonds. The van der Waals surface area contributed by atoms with E-state index in [1.165, 1.54) is 5.56 Å². The number of para-hydroxylation sites is 1. The molecule has 2 aliphatic rings. The molecule has 0 unspecified atom stereocenters. The molecular formula is C15H21ClN2O2. The molecule has 20 heavy (non-hydrogen) atoms. The van der Waals surface area contributed by atoms with Gasteiger partial charge in [0.25, 0.3) is 5.91 Å². The van der Waals surface area contributed by atoms with Gasteiger partial charge in [0.1, 0.15) is 5.60 Å². The Balaban J connectivity index is 0.00000147. The van der Waals surface area contributed by atoms with Crippen molar-refractivity contribution in [2.45, 2.75) is 24.9 Å².